The monoisotopic (exact) mass is 275 g/mol. The van der Waals surface area contributed by atoms with E-state index in [0.29, 0.717) is 12.1 Å². The molecule has 108 valence electrons. The van der Waals surface area contributed by atoms with Gasteiger partial charge in [0.15, 0.2) is 0 Å². The van der Waals surface area contributed by atoms with Crippen LogP contribution < -0.4 is 0 Å². The minimum absolute atomic E-state index is 0.0150. The number of hydrogen-bond donors (Lipinski definition) is 2. The predicted octanol–water partition coefficient (Wildman–Crippen LogP) is 1.18. The molecule has 0 bridgehead atoms. The Hall–Kier alpha value is -1.83. The quantitative estimate of drug-likeness (QED) is 0.811. The molecule has 0 aliphatic heterocycles. The van der Waals surface area contributed by atoms with E-state index < -0.39 is 0 Å². The average molecular weight is 275 g/mol. The maximum absolute atomic E-state index is 12.5. The first-order chi connectivity index (χ1) is 9.52. The topological polar surface area (TPSA) is 60.8 Å². The lowest BCUT2D eigenvalue weighted by molar-refractivity contribution is 0.0664. The second kappa shape index (κ2) is 7.68. The van der Waals surface area contributed by atoms with Crippen LogP contribution in [0.2, 0.25) is 0 Å². The molecule has 20 heavy (non-hydrogen) atoms. The molecule has 0 saturated heterocycles. The summed E-state index contributed by atoms with van der Waals surface area (Å²) in [6.07, 6.45) is 0. The fourth-order valence-corrected chi connectivity index (χ4v) is 1.99. The van der Waals surface area contributed by atoms with Crippen molar-refractivity contribution in [3.05, 3.63) is 34.9 Å². The maximum atomic E-state index is 12.5. The Morgan fingerprint density at radius 1 is 1.35 bits per heavy atom. The molecule has 4 heteroatoms. The van der Waals surface area contributed by atoms with Crippen LogP contribution in [0.15, 0.2) is 18.2 Å². The zero-order valence-corrected chi connectivity index (χ0v) is 12.2. The highest BCUT2D eigenvalue weighted by molar-refractivity contribution is 5.96. The number of aliphatic hydroxyl groups is 2. The molecule has 0 fully saturated rings. The first-order valence-electron chi connectivity index (χ1n) is 6.64. The minimum atomic E-state index is -0.208. The lowest BCUT2D eigenvalue weighted by atomic mass is 10.0. The predicted molar refractivity (Wildman–Crippen MR) is 78.4 cm³/mol. The average Bonchev–Trinajstić information content (AvgIpc) is 2.42. The summed E-state index contributed by atoms with van der Waals surface area (Å²) in [5.74, 6) is 5.32. The highest BCUT2D eigenvalue weighted by Gasteiger charge is 2.20. The van der Waals surface area contributed by atoms with Crippen molar-refractivity contribution in [1.82, 2.24) is 4.90 Å². The van der Waals surface area contributed by atoms with Crippen LogP contribution in [-0.4, -0.2) is 46.8 Å². The van der Waals surface area contributed by atoms with Gasteiger partial charge in [0, 0.05) is 23.7 Å². The number of hydrogen-bond acceptors (Lipinski definition) is 3. The second-order valence-electron chi connectivity index (χ2n) is 4.75. The number of benzene rings is 1. The largest absolute Gasteiger partial charge is 0.395 e. The van der Waals surface area contributed by atoms with Gasteiger partial charge in [-0.2, -0.15) is 0 Å². The van der Waals surface area contributed by atoms with Gasteiger partial charge in [0.05, 0.1) is 6.61 Å². The fourth-order valence-electron chi connectivity index (χ4n) is 1.99. The zero-order chi connectivity index (χ0) is 15.1. The molecule has 0 unspecified atom stereocenters. The lowest BCUT2D eigenvalue weighted by Crippen LogP contribution is -2.39. The van der Waals surface area contributed by atoms with Crippen molar-refractivity contribution < 1.29 is 15.0 Å². The number of carbonyl (C=O) groups is 1. The summed E-state index contributed by atoms with van der Waals surface area (Å²) >= 11 is 0. The van der Waals surface area contributed by atoms with Crippen molar-refractivity contribution in [2.75, 3.05) is 19.8 Å². The summed E-state index contributed by atoms with van der Waals surface area (Å²) in [6.45, 7) is 5.71. The minimum Gasteiger partial charge on any atom is -0.395 e. The van der Waals surface area contributed by atoms with E-state index in [1.165, 1.54) is 0 Å². The van der Waals surface area contributed by atoms with E-state index in [4.69, 9.17) is 10.2 Å². The number of carbonyl (C=O) groups excluding carboxylic acids is 1. The van der Waals surface area contributed by atoms with Gasteiger partial charge in [-0.1, -0.05) is 17.9 Å². The van der Waals surface area contributed by atoms with Crippen molar-refractivity contribution in [3.8, 4) is 11.8 Å². The number of nitrogens with zero attached hydrogens (tertiary/aromatic N) is 1. The Kier molecular flexibility index (Phi) is 6.23. The Morgan fingerprint density at radius 3 is 2.60 bits per heavy atom. The van der Waals surface area contributed by atoms with Crippen LogP contribution in [-0.2, 0) is 0 Å². The van der Waals surface area contributed by atoms with Crippen LogP contribution in [0, 0.1) is 18.8 Å². The van der Waals surface area contributed by atoms with E-state index in [1.54, 1.807) is 17.0 Å². The molecule has 1 aromatic carbocycles. The highest BCUT2D eigenvalue weighted by Crippen LogP contribution is 2.16. The first kappa shape index (κ1) is 16.2. The normalized spacial score (nSPS) is 10.1. The highest BCUT2D eigenvalue weighted by atomic mass is 16.3. The van der Waals surface area contributed by atoms with Crippen molar-refractivity contribution >= 4 is 5.91 Å². The molecule has 0 aliphatic rings. The standard InChI is InChI=1S/C16H21NO3/c1-12(2)17(9-11-19)16(20)15-8-4-6-14(13(15)3)7-5-10-18/h4,6,8,12,18-19H,9-11H2,1-3H3. The summed E-state index contributed by atoms with van der Waals surface area (Å²) in [7, 11) is 0. The van der Waals surface area contributed by atoms with Gasteiger partial charge in [-0.15, -0.1) is 0 Å². The van der Waals surface area contributed by atoms with Gasteiger partial charge in [0.2, 0.25) is 0 Å². The van der Waals surface area contributed by atoms with Crippen LogP contribution in [0.1, 0.15) is 35.3 Å². The van der Waals surface area contributed by atoms with Gasteiger partial charge < -0.3 is 15.1 Å². The summed E-state index contributed by atoms with van der Waals surface area (Å²) in [5.41, 5.74) is 2.11. The summed E-state index contributed by atoms with van der Waals surface area (Å²) in [6, 6.07) is 5.37. The number of aliphatic hydroxyl groups excluding tert-OH is 2. The van der Waals surface area contributed by atoms with Crippen molar-refractivity contribution in [1.29, 1.82) is 0 Å². The molecule has 1 amide bonds. The van der Waals surface area contributed by atoms with E-state index >= 15 is 0 Å². The van der Waals surface area contributed by atoms with Gasteiger partial charge in [-0.25, -0.2) is 0 Å². The molecule has 1 rings (SSSR count). The molecule has 4 nitrogen and oxygen atoms in total. The fraction of sp³-hybridized carbons (Fsp3) is 0.438. The third kappa shape index (κ3) is 3.83. The smallest absolute Gasteiger partial charge is 0.254 e. The molecule has 0 spiro atoms. The Bertz CT molecular complexity index is 526. The SMILES string of the molecule is Cc1c(C#CCO)cccc1C(=O)N(CCO)C(C)C. The molecule has 0 saturated carbocycles. The summed E-state index contributed by atoms with van der Waals surface area (Å²) in [4.78, 5) is 14.2. The van der Waals surface area contributed by atoms with E-state index in [9.17, 15) is 4.79 Å². The Morgan fingerprint density at radius 2 is 2.05 bits per heavy atom. The van der Waals surface area contributed by atoms with Gasteiger partial charge in [-0.3, -0.25) is 4.79 Å². The second-order valence-corrected chi connectivity index (χ2v) is 4.75. The van der Waals surface area contributed by atoms with Crippen LogP contribution in [0.25, 0.3) is 0 Å². The number of amides is 1. The van der Waals surface area contributed by atoms with Crippen molar-refractivity contribution in [2.24, 2.45) is 0 Å². The van der Waals surface area contributed by atoms with Crippen LogP contribution in [0.3, 0.4) is 0 Å². The zero-order valence-electron chi connectivity index (χ0n) is 12.2. The van der Waals surface area contributed by atoms with Gasteiger partial charge >= 0.3 is 0 Å². The lowest BCUT2D eigenvalue weighted by Gasteiger charge is -2.26. The maximum Gasteiger partial charge on any atom is 0.254 e. The van der Waals surface area contributed by atoms with Gasteiger partial charge in [0.25, 0.3) is 5.91 Å². The summed E-state index contributed by atoms with van der Waals surface area (Å²) in [5, 5.41) is 17.8. The first-order valence-corrected chi connectivity index (χ1v) is 6.64. The van der Waals surface area contributed by atoms with Gasteiger partial charge in [0.1, 0.15) is 6.61 Å². The van der Waals surface area contributed by atoms with E-state index in [1.807, 2.05) is 26.8 Å². The third-order valence-corrected chi connectivity index (χ3v) is 3.09. The third-order valence-electron chi connectivity index (χ3n) is 3.09. The van der Waals surface area contributed by atoms with Gasteiger partial charge in [-0.05, 0) is 38.5 Å². The van der Waals surface area contributed by atoms with E-state index in [2.05, 4.69) is 11.8 Å². The van der Waals surface area contributed by atoms with Crippen molar-refractivity contribution in [3.63, 3.8) is 0 Å². The molecular weight excluding hydrogens is 254 g/mol. The molecule has 0 heterocycles. The molecule has 0 radical (unpaired) electrons. The van der Waals surface area contributed by atoms with E-state index in [0.717, 1.165) is 11.1 Å². The molecular formula is C16H21NO3. The number of rotatable bonds is 4. The molecule has 1 aromatic rings. The van der Waals surface area contributed by atoms with E-state index in [-0.39, 0.29) is 25.2 Å². The van der Waals surface area contributed by atoms with Crippen LogP contribution >= 0.6 is 0 Å². The molecule has 0 aliphatic carbocycles. The Balaban J connectivity index is 3.15. The molecule has 2 N–H and O–H groups in total. The summed E-state index contributed by atoms with van der Waals surface area (Å²) < 4.78 is 0. The van der Waals surface area contributed by atoms with Crippen LogP contribution in [0.5, 0.6) is 0 Å². The Labute approximate surface area is 120 Å². The molecule has 0 aromatic heterocycles. The van der Waals surface area contributed by atoms with Crippen LogP contribution in [0.4, 0.5) is 0 Å². The van der Waals surface area contributed by atoms with Crippen molar-refractivity contribution in [2.45, 2.75) is 26.8 Å². The molecule has 0 atom stereocenters.